The maximum absolute atomic E-state index is 12.2. The molecule has 0 saturated heterocycles. The van der Waals surface area contributed by atoms with Gasteiger partial charge in [0.25, 0.3) is 5.56 Å². The van der Waals surface area contributed by atoms with Gasteiger partial charge in [0.1, 0.15) is 17.3 Å². The molecule has 0 radical (unpaired) electrons. The third-order valence-electron chi connectivity index (χ3n) is 3.27. The van der Waals surface area contributed by atoms with E-state index < -0.39 is 5.56 Å². The number of rotatable bonds is 5. The van der Waals surface area contributed by atoms with Gasteiger partial charge in [0.05, 0.1) is 10.6 Å². The van der Waals surface area contributed by atoms with Crippen molar-refractivity contribution in [2.75, 3.05) is 5.75 Å². The molecule has 5 nitrogen and oxygen atoms in total. The number of nitriles is 1. The number of nitrogens with one attached hydrogen (secondary N) is 1. The van der Waals surface area contributed by atoms with Crippen LogP contribution in [0.4, 0.5) is 0 Å². The Balaban J connectivity index is 1.84. The van der Waals surface area contributed by atoms with Crippen molar-refractivity contribution in [1.29, 1.82) is 5.26 Å². The molecule has 3 aromatic rings. The lowest BCUT2D eigenvalue weighted by atomic mass is 10.2. The molecular weight excluding hydrogens is 422 g/mol. The highest BCUT2D eigenvalue weighted by molar-refractivity contribution is 9.10. The highest BCUT2D eigenvalue weighted by atomic mass is 79.9. The number of H-pyrrole nitrogens is 1. The molecule has 2 aromatic heterocycles. The molecule has 1 aromatic carbocycles. The first-order chi connectivity index (χ1) is 12.1. The Labute approximate surface area is 159 Å². The van der Waals surface area contributed by atoms with Gasteiger partial charge in [-0.3, -0.25) is 9.59 Å². The van der Waals surface area contributed by atoms with Crippen LogP contribution in [0.5, 0.6) is 0 Å². The molecule has 1 N–H and O–H groups in total. The summed E-state index contributed by atoms with van der Waals surface area (Å²) in [4.78, 5) is 32.0. The summed E-state index contributed by atoms with van der Waals surface area (Å²) < 4.78 is 0.899. The third-order valence-corrected chi connectivity index (χ3v) is 5.55. The number of aromatic amines is 1. The fourth-order valence-electron chi connectivity index (χ4n) is 2.07. The number of thiophene rings is 1. The van der Waals surface area contributed by atoms with E-state index in [0.717, 1.165) is 21.1 Å². The second kappa shape index (κ2) is 7.78. The van der Waals surface area contributed by atoms with Crippen molar-refractivity contribution < 1.29 is 4.79 Å². The summed E-state index contributed by atoms with van der Waals surface area (Å²) in [5.41, 5.74) is 0.413. The molecule has 124 valence electrons. The molecule has 0 saturated carbocycles. The van der Waals surface area contributed by atoms with Crippen LogP contribution in [0.15, 0.2) is 56.2 Å². The van der Waals surface area contributed by atoms with Gasteiger partial charge in [-0.1, -0.05) is 45.9 Å². The van der Waals surface area contributed by atoms with Crippen LogP contribution in [-0.4, -0.2) is 21.5 Å². The number of aromatic nitrogens is 2. The van der Waals surface area contributed by atoms with Crippen molar-refractivity contribution in [1.82, 2.24) is 9.97 Å². The Morgan fingerprint density at radius 3 is 2.72 bits per heavy atom. The van der Waals surface area contributed by atoms with Crippen LogP contribution in [0.2, 0.25) is 0 Å². The zero-order chi connectivity index (χ0) is 17.8. The summed E-state index contributed by atoms with van der Waals surface area (Å²) in [6.07, 6.45) is 0. The normalized spacial score (nSPS) is 10.4. The molecule has 8 heteroatoms. The van der Waals surface area contributed by atoms with Gasteiger partial charge < -0.3 is 4.98 Å². The SMILES string of the molecule is N#Cc1c(-c2cccs2)nc(SCC(=O)c2ccc(Br)cc2)[nH]c1=O. The Morgan fingerprint density at radius 1 is 1.32 bits per heavy atom. The van der Waals surface area contributed by atoms with Crippen LogP contribution < -0.4 is 5.56 Å². The number of nitrogens with zero attached hydrogens (tertiary/aromatic N) is 2. The largest absolute Gasteiger partial charge is 0.300 e. The second-order valence-corrected chi connectivity index (χ2v) is 7.73. The number of carbonyl (C=O) groups is 1. The molecule has 25 heavy (non-hydrogen) atoms. The van der Waals surface area contributed by atoms with E-state index >= 15 is 0 Å². The summed E-state index contributed by atoms with van der Waals surface area (Å²) in [5.74, 6) is 0.0718. The molecule has 0 spiro atoms. The number of Topliss-reactive ketones (excluding diaryl/α,β-unsaturated/α-hetero) is 1. The summed E-state index contributed by atoms with van der Waals surface area (Å²) >= 11 is 5.87. The number of carbonyl (C=O) groups excluding carboxylic acids is 1. The van der Waals surface area contributed by atoms with Crippen LogP contribution in [0.1, 0.15) is 15.9 Å². The lowest BCUT2D eigenvalue weighted by Gasteiger charge is -2.05. The summed E-state index contributed by atoms with van der Waals surface area (Å²) in [7, 11) is 0. The predicted molar refractivity (Wildman–Crippen MR) is 102 cm³/mol. The molecule has 3 rings (SSSR count). The van der Waals surface area contributed by atoms with E-state index in [1.54, 1.807) is 30.3 Å². The van der Waals surface area contributed by atoms with Crippen LogP contribution in [0.3, 0.4) is 0 Å². The number of benzene rings is 1. The molecule has 0 unspecified atom stereocenters. The monoisotopic (exact) mass is 431 g/mol. The molecule has 0 amide bonds. The van der Waals surface area contributed by atoms with Gasteiger partial charge in [0, 0.05) is 10.0 Å². The van der Waals surface area contributed by atoms with Gasteiger partial charge in [-0.2, -0.15) is 5.26 Å². The molecule has 0 aliphatic rings. The van der Waals surface area contributed by atoms with Crippen molar-refractivity contribution in [3.63, 3.8) is 0 Å². The highest BCUT2D eigenvalue weighted by Gasteiger charge is 2.15. The first kappa shape index (κ1) is 17.6. The maximum atomic E-state index is 12.2. The Bertz CT molecular complexity index is 1010. The van der Waals surface area contributed by atoms with Crippen molar-refractivity contribution in [2.45, 2.75) is 5.16 Å². The van der Waals surface area contributed by atoms with Crippen LogP contribution in [-0.2, 0) is 0 Å². The van der Waals surface area contributed by atoms with E-state index in [9.17, 15) is 14.9 Å². The zero-order valence-electron chi connectivity index (χ0n) is 12.7. The maximum Gasteiger partial charge on any atom is 0.270 e. The number of halogens is 1. The topological polar surface area (TPSA) is 86.6 Å². The van der Waals surface area contributed by atoms with Crippen molar-refractivity contribution >= 4 is 44.8 Å². The number of hydrogen-bond donors (Lipinski definition) is 1. The minimum atomic E-state index is -0.500. The van der Waals surface area contributed by atoms with Crippen LogP contribution >= 0.6 is 39.0 Å². The minimum Gasteiger partial charge on any atom is -0.300 e. The molecule has 0 fully saturated rings. The average molecular weight is 432 g/mol. The van der Waals surface area contributed by atoms with Gasteiger partial charge in [-0.15, -0.1) is 11.3 Å². The summed E-state index contributed by atoms with van der Waals surface area (Å²) in [5, 5.41) is 11.4. The second-order valence-electron chi connectivity index (χ2n) is 4.90. The first-order valence-electron chi connectivity index (χ1n) is 7.08. The predicted octanol–water partition coefficient (Wildman–Crippen LogP) is 4.11. The third kappa shape index (κ3) is 4.07. The summed E-state index contributed by atoms with van der Waals surface area (Å²) in [6.45, 7) is 0. The van der Waals surface area contributed by atoms with E-state index in [1.807, 2.05) is 17.5 Å². The highest BCUT2D eigenvalue weighted by Crippen LogP contribution is 2.26. The van der Waals surface area contributed by atoms with E-state index in [1.165, 1.54) is 11.3 Å². The van der Waals surface area contributed by atoms with Crippen molar-refractivity contribution in [2.24, 2.45) is 0 Å². The van der Waals surface area contributed by atoms with Crippen LogP contribution in [0, 0.1) is 11.3 Å². The standard InChI is InChI=1S/C17H10BrN3O2S2/c18-11-5-3-10(4-6-11)13(22)9-25-17-20-15(14-2-1-7-24-14)12(8-19)16(23)21-17/h1-7H,9H2,(H,20,21,23). The molecule has 0 atom stereocenters. The summed E-state index contributed by atoms with van der Waals surface area (Å²) in [6, 6.07) is 12.6. The fraction of sp³-hybridized carbons (Fsp3) is 0.0588. The van der Waals surface area contributed by atoms with Gasteiger partial charge >= 0.3 is 0 Å². The number of hydrogen-bond acceptors (Lipinski definition) is 6. The van der Waals surface area contributed by atoms with Crippen molar-refractivity contribution in [3.8, 4) is 16.6 Å². The Hall–Kier alpha value is -2.21. The van der Waals surface area contributed by atoms with E-state index in [4.69, 9.17) is 0 Å². The lowest BCUT2D eigenvalue weighted by molar-refractivity contribution is 0.102. The molecule has 0 aliphatic carbocycles. The number of thioether (sulfide) groups is 1. The van der Waals surface area contributed by atoms with E-state index in [-0.39, 0.29) is 17.1 Å². The minimum absolute atomic E-state index is 0.0222. The van der Waals surface area contributed by atoms with E-state index in [0.29, 0.717) is 16.4 Å². The molecule has 0 bridgehead atoms. The average Bonchev–Trinajstić information content (AvgIpc) is 3.14. The van der Waals surface area contributed by atoms with Gasteiger partial charge in [-0.25, -0.2) is 4.98 Å². The quantitative estimate of drug-likeness (QED) is 0.373. The molecule has 2 heterocycles. The Morgan fingerprint density at radius 2 is 2.08 bits per heavy atom. The van der Waals surface area contributed by atoms with Gasteiger partial charge in [-0.05, 0) is 23.6 Å². The Kier molecular flexibility index (Phi) is 5.48. The lowest BCUT2D eigenvalue weighted by Crippen LogP contribution is -2.15. The van der Waals surface area contributed by atoms with Gasteiger partial charge in [0.15, 0.2) is 10.9 Å². The first-order valence-corrected chi connectivity index (χ1v) is 9.74. The van der Waals surface area contributed by atoms with Crippen LogP contribution in [0.25, 0.3) is 10.6 Å². The smallest absolute Gasteiger partial charge is 0.270 e. The fourth-order valence-corrected chi connectivity index (χ4v) is 3.81. The molecular formula is C17H10BrN3O2S2. The van der Waals surface area contributed by atoms with Crippen molar-refractivity contribution in [3.05, 3.63) is 67.7 Å². The molecule has 0 aliphatic heterocycles. The number of ketones is 1. The van der Waals surface area contributed by atoms with E-state index in [2.05, 4.69) is 25.9 Å². The zero-order valence-corrected chi connectivity index (χ0v) is 15.9. The van der Waals surface area contributed by atoms with Gasteiger partial charge in [0.2, 0.25) is 0 Å².